The lowest BCUT2D eigenvalue weighted by molar-refractivity contribution is 0.345. The smallest absolute Gasteiger partial charge is 0.165 e. The van der Waals surface area contributed by atoms with E-state index in [1.54, 1.807) is 6.07 Å². The number of rotatable bonds is 4. The molecule has 1 aliphatic rings. The first kappa shape index (κ1) is 12.7. The molecule has 1 aromatic rings. The van der Waals surface area contributed by atoms with Gasteiger partial charge in [0, 0.05) is 6.54 Å². The molecule has 0 spiro atoms. The molecule has 4 heteroatoms. The maximum Gasteiger partial charge on any atom is 0.165 e. The molecule has 96 valence electrons. The third kappa shape index (κ3) is 3.36. The van der Waals surface area contributed by atoms with Gasteiger partial charge in [-0.1, -0.05) is 32.1 Å². The normalized spacial score (nSPS) is 16.2. The van der Waals surface area contributed by atoms with Gasteiger partial charge < -0.3 is 11.1 Å². The first-order chi connectivity index (χ1) is 8.79. The van der Waals surface area contributed by atoms with Gasteiger partial charge in [0.2, 0.25) is 0 Å². The molecule has 0 atom stereocenters. The highest BCUT2D eigenvalue weighted by Crippen LogP contribution is 2.26. The molecule has 0 unspecified atom stereocenters. The molecule has 0 aliphatic heterocycles. The summed E-state index contributed by atoms with van der Waals surface area (Å²) in [5.41, 5.74) is 6.38. The van der Waals surface area contributed by atoms with Crippen LogP contribution in [0, 0.1) is 17.2 Å². The van der Waals surface area contributed by atoms with Gasteiger partial charge in [0.25, 0.3) is 0 Å². The van der Waals surface area contributed by atoms with Gasteiger partial charge in [-0.2, -0.15) is 5.26 Å². The molecule has 0 bridgehead atoms. The van der Waals surface area contributed by atoms with E-state index in [-0.39, 0.29) is 0 Å². The van der Waals surface area contributed by atoms with Crippen LogP contribution in [0.4, 0.5) is 11.5 Å². The molecule has 0 saturated heterocycles. The number of aromatic nitrogens is 1. The van der Waals surface area contributed by atoms with Crippen LogP contribution in [0.1, 0.15) is 44.2 Å². The summed E-state index contributed by atoms with van der Waals surface area (Å²) in [5.74, 6) is 1.60. The van der Waals surface area contributed by atoms with E-state index in [9.17, 15) is 0 Å². The summed E-state index contributed by atoms with van der Waals surface area (Å²) in [7, 11) is 0. The van der Waals surface area contributed by atoms with Crippen LogP contribution in [0.25, 0.3) is 0 Å². The predicted molar refractivity (Wildman–Crippen MR) is 73.0 cm³/mol. The number of anilines is 2. The average molecular weight is 244 g/mol. The van der Waals surface area contributed by atoms with E-state index in [2.05, 4.69) is 10.3 Å². The topological polar surface area (TPSA) is 74.7 Å². The van der Waals surface area contributed by atoms with Crippen LogP contribution in [-0.2, 0) is 0 Å². The summed E-state index contributed by atoms with van der Waals surface area (Å²) in [6.07, 6.45) is 8.07. The fourth-order valence-electron chi connectivity index (χ4n) is 2.54. The van der Waals surface area contributed by atoms with Gasteiger partial charge >= 0.3 is 0 Å². The lowest BCUT2D eigenvalue weighted by Crippen LogP contribution is -2.13. The minimum atomic E-state index is 0.303. The second-order valence-electron chi connectivity index (χ2n) is 4.97. The molecular weight excluding hydrogens is 224 g/mol. The van der Waals surface area contributed by atoms with Gasteiger partial charge in [0.05, 0.1) is 5.69 Å². The van der Waals surface area contributed by atoms with E-state index in [1.165, 1.54) is 38.5 Å². The van der Waals surface area contributed by atoms with Gasteiger partial charge in [-0.15, -0.1) is 0 Å². The first-order valence-corrected chi connectivity index (χ1v) is 6.70. The fourth-order valence-corrected chi connectivity index (χ4v) is 2.54. The van der Waals surface area contributed by atoms with E-state index < -0.39 is 0 Å². The Morgan fingerprint density at radius 2 is 2.11 bits per heavy atom. The number of hydrogen-bond donors (Lipinski definition) is 2. The van der Waals surface area contributed by atoms with E-state index >= 15 is 0 Å². The SMILES string of the molecule is N#Cc1nc(NCCC2CCCCC2)ccc1N. The van der Waals surface area contributed by atoms with Gasteiger partial charge in [-0.3, -0.25) is 0 Å². The summed E-state index contributed by atoms with van der Waals surface area (Å²) >= 11 is 0. The Morgan fingerprint density at radius 3 is 2.83 bits per heavy atom. The molecule has 2 rings (SSSR count). The molecule has 1 aromatic heterocycles. The molecular formula is C14H20N4. The molecule has 1 fully saturated rings. The largest absolute Gasteiger partial charge is 0.396 e. The first-order valence-electron chi connectivity index (χ1n) is 6.70. The standard InChI is InChI=1S/C14H20N4/c15-10-13-12(16)6-7-14(18-13)17-9-8-11-4-2-1-3-5-11/h6-7,11H,1-5,8-9,16H2,(H,17,18). The number of nitrogen functional groups attached to an aromatic ring is 1. The van der Waals surface area contributed by atoms with Crippen molar-refractivity contribution in [1.29, 1.82) is 5.26 Å². The second kappa shape index (κ2) is 6.25. The minimum absolute atomic E-state index is 0.303. The molecule has 1 saturated carbocycles. The third-order valence-electron chi connectivity index (χ3n) is 3.62. The molecule has 18 heavy (non-hydrogen) atoms. The maximum atomic E-state index is 8.85. The number of nitrogens with two attached hydrogens (primary N) is 1. The molecule has 0 aromatic carbocycles. The summed E-state index contributed by atoms with van der Waals surface area (Å²) in [6, 6.07) is 5.56. The zero-order valence-corrected chi connectivity index (χ0v) is 10.7. The van der Waals surface area contributed by atoms with E-state index in [4.69, 9.17) is 11.0 Å². The Labute approximate surface area is 108 Å². The van der Waals surface area contributed by atoms with Crippen LogP contribution in [0.3, 0.4) is 0 Å². The Bertz CT molecular complexity index is 430. The molecule has 1 heterocycles. The molecule has 4 nitrogen and oxygen atoms in total. The summed E-state index contributed by atoms with van der Waals surface area (Å²) < 4.78 is 0. The highest BCUT2D eigenvalue weighted by atomic mass is 15.0. The summed E-state index contributed by atoms with van der Waals surface area (Å²) in [5, 5.41) is 12.1. The number of nitrogens with zero attached hydrogens (tertiary/aromatic N) is 2. The Hall–Kier alpha value is -1.76. The van der Waals surface area contributed by atoms with Crippen LogP contribution in [-0.4, -0.2) is 11.5 Å². The quantitative estimate of drug-likeness (QED) is 0.854. The van der Waals surface area contributed by atoms with Crippen LogP contribution in [0.5, 0.6) is 0 Å². The van der Waals surface area contributed by atoms with Crippen LogP contribution >= 0.6 is 0 Å². The van der Waals surface area contributed by atoms with Gasteiger partial charge in [-0.25, -0.2) is 4.98 Å². The highest BCUT2D eigenvalue weighted by Gasteiger charge is 2.12. The zero-order chi connectivity index (χ0) is 12.8. The highest BCUT2D eigenvalue weighted by molar-refractivity contribution is 5.54. The number of hydrogen-bond acceptors (Lipinski definition) is 4. The van der Waals surface area contributed by atoms with E-state index in [0.717, 1.165) is 18.3 Å². The lowest BCUT2D eigenvalue weighted by atomic mass is 9.87. The van der Waals surface area contributed by atoms with Gasteiger partial charge in [-0.05, 0) is 24.5 Å². The third-order valence-corrected chi connectivity index (χ3v) is 3.62. The van der Waals surface area contributed by atoms with Gasteiger partial charge in [0.15, 0.2) is 5.69 Å². The Morgan fingerprint density at radius 1 is 1.33 bits per heavy atom. The summed E-state index contributed by atoms with van der Waals surface area (Å²) in [6.45, 7) is 0.923. The molecule has 3 N–H and O–H groups in total. The predicted octanol–water partition coefficient (Wildman–Crippen LogP) is 2.92. The number of pyridine rings is 1. The average Bonchev–Trinajstić information content (AvgIpc) is 2.42. The summed E-state index contributed by atoms with van der Waals surface area (Å²) in [4.78, 5) is 4.18. The van der Waals surface area contributed by atoms with Crippen LogP contribution in [0.15, 0.2) is 12.1 Å². The van der Waals surface area contributed by atoms with Crippen molar-refractivity contribution in [3.63, 3.8) is 0 Å². The van der Waals surface area contributed by atoms with Crippen molar-refractivity contribution in [1.82, 2.24) is 4.98 Å². The van der Waals surface area contributed by atoms with Crippen molar-refractivity contribution >= 4 is 11.5 Å². The van der Waals surface area contributed by atoms with E-state index in [0.29, 0.717) is 11.4 Å². The number of nitriles is 1. The molecule has 1 aliphatic carbocycles. The number of nitrogens with one attached hydrogen (secondary N) is 1. The van der Waals surface area contributed by atoms with Crippen molar-refractivity contribution in [3.05, 3.63) is 17.8 Å². The van der Waals surface area contributed by atoms with Gasteiger partial charge in [0.1, 0.15) is 11.9 Å². The maximum absolute atomic E-state index is 8.85. The monoisotopic (exact) mass is 244 g/mol. The van der Waals surface area contributed by atoms with E-state index in [1.807, 2.05) is 12.1 Å². The Kier molecular flexibility index (Phi) is 4.40. The van der Waals surface area contributed by atoms with Crippen LogP contribution in [0.2, 0.25) is 0 Å². The molecule has 0 radical (unpaired) electrons. The fraction of sp³-hybridized carbons (Fsp3) is 0.571. The minimum Gasteiger partial charge on any atom is -0.396 e. The Balaban J connectivity index is 1.81. The van der Waals surface area contributed by atoms with Crippen molar-refractivity contribution in [2.75, 3.05) is 17.6 Å². The van der Waals surface area contributed by atoms with Crippen molar-refractivity contribution in [2.24, 2.45) is 5.92 Å². The van der Waals surface area contributed by atoms with Crippen molar-refractivity contribution in [2.45, 2.75) is 38.5 Å². The molecule has 0 amide bonds. The van der Waals surface area contributed by atoms with Crippen molar-refractivity contribution in [3.8, 4) is 6.07 Å². The van der Waals surface area contributed by atoms with Crippen LogP contribution < -0.4 is 11.1 Å². The zero-order valence-electron chi connectivity index (χ0n) is 10.7. The lowest BCUT2D eigenvalue weighted by Gasteiger charge is -2.21. The second-order valence-corrected chi connectivity index (χ2v) is 4.97. The van der Waals surface area contributed by atoms with Crippen molar-refractivity contribution < 1.29 is 0 Å².